The molecule has 7 heteroatoms. The first-order valence-corrected chi connectivity index (χ1v) is 10.5. The number of carbonyl (C=O) groups excluding carboxylic acids is 3. The average molecular weight is 436 g/mol. The van der Waals surface area contributed by atoms with Crippen LogP contribution in [0.1, 0.15) is 42.2 Å². The summed E-state index contributed by atoms with van der Waals surface area (Å²) in [5, 5.41) is 7.15. The second kappa shape index (κ2) is 8.20. The Morgan fingerprint density at radius 3 is 2.33 bits per heavy atom. The van der Waals surface area contributed by atoms with Crippen molar-refractivity contribution in [2.75, 3.05) is 10.2 Å². The molecule has 1 aliphatic heterocycles. The van der Waals surface area contributed by atoms with Gasteiger partial charge in [0, 0.05) is 11.8 Å². The number of amides is 3. The molecule has 0 atom stereocenters. The van der Waals surface area contributed by atoms with Crippen LogP contribution >= 0.6 is 0 Å². The number of aryl methyl sites for hydroxylation is 1. The Kier molecular flexibility index (Phi) is 5.06. The first-order chi connectivity index (χ1) is 16.0. The standard InChI is InChI=1S/C26H20N4O3/c1-17-7-2-3-8-19(17)15-29-16-20(14-27-29)28-24(31)18-9-6-10-21(13-18)30-25(32)22-11-4-5-12-23(22)26(30)33/h2-14,16H,15H2,1H3,(H,28,31). The molecule has 33 heavy (non-hydrogen) atoms. The highest BCUT2D eigenvalue weighted by atomic mass is 16.2. The lowest BCUT2D eigenvalue weighted by molar-refractivity contribution is 0.0924. The number of carbonyl (C=O) groups is 3. The van der Waals surface area contributed by atoms with E-state index < -0.39 is 11.8 Å². The molecule has 1 aromatic heterocycles. The van der Waals surface area contributed by atoms with Crippen molar-refractivity contribution in [2.45, 2.75) is 13.5 Å². The van der Waals surface area contributed by atoms with Crippen LogP contribution < -0.4 is 10.2 Å². The van der Waals surface area contributed by atoms with Crippen molar-refractivity contribution in [1.29, 1.82) is 0 Å². The van der Waals surface area contributed by atoms with Crippen LogP contribution in [0.2, 0.25) is 0 Å². The maximum atomic E-state index is 12.8. The van der Waals surface area contributed by atoms with E-state index in [1.54, 1.807) is 59.5 Å². The second-order valence-corrected chi connectivity index (χ2v) is 7.85. The summed E-state index contributed by atoms with van der Waals surface area (Å²) in [4.78, 5) is 39.4. The van der Waals surface area contributed by atoms with Gasteiger partial charge in [0.25, 0.3) is 17.7 Å². The van der Waals surface area contributed by atoms with E-state index >= 15 is 0 Å². The van der Waals surface area contributed by atoms with Crippen LogP contribution in [0.25, 0.3) is 0 Å². The van der Waals surface area contributed by atoms with Crippen molar-refractivity contribution in [3.63, 3.8) is 0 Å². The predicted molar refractivity (Wildman–Crippen MR) is 124 cm³/mol. The zero-order valence-electron chi connectivity index (χ0n) is 17.9. The van der Waals surface area contributed by atoms with Gasteiger partial charge in [-0.05, 0) is 48.4 Å². The maximum absolute atomic E-state index is 12.8. The fourth-order valence-electron chi connectivity index (χ4n) is 3.89. The Morgan fingerprint density at radius 1 is 0.909 bits per heavy atom. The molecule has 0 spiro atoms. The fourth-order valence-corrected chi connectivity index (χ4v) is 3.89. The molecule has 0 fully saturated rings. The summed E-state index contributed by atoms with van der Waals surface area (Å²) in [7, 11) is 0. The van der Waals surface area contributed by atoms with Crippen LogP contribution in [0.5, 0.6) is 0 Å². The Bertz CT molecular complexity index is 1370. The number of nitrogens with one attached hydrogen (secondary N) is 1. The van der Waals surface area contributed by atoms with Crippen molar-refractivity contribution in [2.24, 2.45) is 0 Å². The lowest BCUT2D eigenvalue weighted by Gasteiger charge is -2.15. The summed E-state index contributed by atoms with van der Waals surface area (Å²) in [6, 6.07) is 21.2. The van der Waals surface area contributed by atoms with Crippen molar-refractivity contribution >= 4 is 29.1 Å². The van der Waals surface area contributed by atoms with Crippen molar-refractivity contribution < 1.29 is 14.4 Å². The van der Waals surface area contributed by atoms with E-state index in [-0.39, 0.29) is 5.91 Å². The Labute approximate surface area is 190 Å². The fraction of sp³-hybridized carbons (Fsp3) is 0.0769. The summed E-state index contributed by atoms with van der Waals surface area (Å²) in [5.74, 6) is -1.15. The molecular formula is C26H20N4O3. The highest BCUT2D eigenvalue weighted by molar-refractivity contribution is 6.34. The highest BCUT2D eigenvalue weighted by Crippen LogP contribution is 2.29. The third kappa shape index (κ3) is 3.80. The van der Waals surface area contributed by atoms with E-state index in [0.717, 1.165) is 10.5 Å². The van der Waals surface area contributed by atoms with Crippen LogP contribution in [0.15, 0.2) is 85.2 Å². The lowest BCUT2D eigenvalue weighted by atomic mass is 10.1. The highest BCUT2D eigenvalue weighted by Gasteiger charge is 2.36. The van der Waals surface area contributed by atoms with Gasteiger partial charge in [0.15, 0.2) is 0 Å². The minimum atomic E-state index is -0.398. The van der Waals surface area contributed by atoms with Gasteiger partial charge in [-0.2, -0.15) is 5.10 Å². The zero-order valence-corrected chi connectivity index (χ0v) is 17.9. The Morgan fingerprint density at radius 2 is 1.61 bits per heavy atom. The van der Waals surface area contributed by atoms with Crippen LogP contribution in [0, 0.1) is 6.92 Å². The maximum Gasteiger partial charge on any atom is 0.266 e. The number of benzene rings is 3. The lowest BCUT2D eigenvalue weighted by Crippen LogP contribution is -2.29. The second-order valence-electron chi connectivity index (χ2n) is 7.85. The first kappa shape index (κ1) is 20.4. The summed E-state index contributed by atoms with van der Waals surface area (Å²) in [6.07, 6.45) is 3.35. The number of hydrogen-bond acceptors (Lipinski definition) is 4. The Balaban J connectivity index is 1.33. The molecule has 0 bridgehead atoms. The predicted octanol–water partition coefficient (Wildman–Crippen LogP) is 4.29. The molecule has 7 nitrogen and oxygen atoms in total. The van der Waals surface area contributed by atoms with Gasteiger partial charge in [0.1, 0.15) is 0 Å². The largest absolute Gasteiger partial charge is 0.319 e. The molecule has 0 unspecified atom stereocenters. The quantitative estimate of drug-likeness (QED) is 0.473. The molecule has 4 aromatic rings. The summed E-state index contributed by atoms with van der Waals surface area (Å²) >= 11 is 0. The number of fused-ring (bicyclic) bond motifs is 1. The smallest absolute Gasteiger partial charge is 0.266 e. The number of imide groups is 1. The third-order valence-electron chi connectivity index (χ3n) is 5.65. The minimum Gasteiger partial charge on any atom is -0.319 e. The molecule has 3 aromatic carbocycles. The van der Waals surface area contributed by atoms with Gasteiger partial charge in [-0.3, -0.25) is 19.1 Å². The van der Waals surface area contributed by atoms with E-state index in [0.29, 0.717) is 34.6 Å². The van der Waals surface area contributed by atoms with Gasteiger partial charge < -0.3 is 5.32 Å². The topological polar surface area (TPSA) is 84.3 Å². The summed E-state index contributed by atoms with van der Waals surface area (Å²) < 4.78 is 1.76. The van der Waals surface area contributed by atoms with Gasteiger partial charge in [-0.1, -0.05) is 42.5 Å². The van der Waals surface area contributed by atoms with Gasteiger partial charge in [0.05, 0.1) is 35.2 Å². The summed E-state index contributed by atoms with van der Waals surface area (Å²) in [6.45, 7) is 2.64. The number of nitrogens with zero attached hydrogens (tertiary/aromatic N) is 3. The molecule has 0 aliphatic carbocycles. The first-order valence-electron chi connectivity index (χ1n) is 10.5. The van der Waals surface area contributed by atoms with E-state index in [1.807, 2.05) is 31.2 Å². The van der Waals surface area contributed by atoms with Gasteiger partial charge in [-0.15, -0.1) is 0 Å². The van der Waals surface area contributed by atoms with Gasteiger partial charge in [-0.25, -0.2) is 4.90 Å². The normalized spacial score (nSPS) is 12.7. The SMILES string of the molecule is Cc1ccccc1Cn1cc(NC(=O)c2cccc(N3C(=O)c4ccccc4C3=O)c2)cn1. The molecule has 1 N–H and O–H groups in total. The van der Waals surface area contributed by atoms with Crippen molar-refractivity contribution in [3.8, 4) is 0 Å². The monoisotopic (exact) mass is 436 g/mol. The van der Waals surface area contributed by atoms with Gasteiger partial charge in [0.2, 0.25) is 0 Å². The van der Waals surface area contributed by atoms with Crippen LogP contribution in [0.3, 0.4) is 0 Å². The van der Waals surface area contributed by atoms with Gasteiger partial charge >= 0.3 is 0 Å². The van der Waals surface area contributed by atoms with E-state index in [2.05, 4.69) is 10.4 Å². The molecule has 0 radical (unpaired) electrons. The number of aromatic nitrogens is 2. The molecule has 0 saturated carbocycles. The number of hydrogen-bond donors (Lipinski definition) is 1. The molecule has 5 rings (SSSR count). The molecule has 0 saturated heterocycles. The third-order valence-corrected chi connectivity index (χ3v) is 5.65. The van der Waals surface area contributed by atoms with E-state index in [1.165, 1.54) is 11.6 Å². The average Bonchev–Trinajstić information content (AvgIpc) is 3.37. The Hall–Kier alpha value is -4.52. The number of rotatable bonds is 5. The van der Waals surface area contributed by atoms with Crippen LogP contribution in [-0.4, -0.2) is 27.5 Å². The van der Waals surface area contributed by atoms with Crippen LogP contribution in [-0.2, 0) is 6.54 Å². The van der Waals surface area contributed by atoms with Crippen molar-refractivity contribution in [3.05, 3.63) is 113 Å². The van der Waals surface area contributed by atoms with Crippen LogP contribution in [0.4, 0.5) is 11.4 Å². The molecule has 3 amide bonds. The zero-order chi connectivity index (χ0) is 22.9. The van der Waals surface area contributed by atoms with Crippen molar-refractivity contribution in [1.82, 2.24) is 9.78 Å². The molecule has 2 heterocycles. The van der Waals surface area contributed by atoms with E-state index in [9.17, 15) is 14.4 Å². The minimum absolute atomic E-state index is 0.329. The summed E-state index contributed by atoms with van der Waals surface area (Å²) in [5.41, 5.74) is 4.27. The van der Waals surface area contributed by atoms with E-state index in [4.69, 9.17) is 0 Å². The number of anilines is 2. The molecule has 162 valence electrons. The molecular weight excluding hydrogens is 416 g/mol. The molecule has 1 aliphatic rings.